The largest absolute Gasteiger partial charge is 0.392 e. The van der Waals surface area contributed by atoms with Crippen LogP contribution in [-0.4, -0.2) is 49.9 Å². The molecular formula is C15H18Cl2N6O2. The third-order valence-corrected chi connectivity index (χ3v) is 4.62. The number of halogens is 2. The van der Waals surface area contributed by atoms with Crippen LogP contribution in [-0.2, 0) is 4.79 Å². The number of aliphatic hydroxyl groups excluding tert-OH is 1. The molecule has 8 nitrogen and oxygen atoms in total. The molecule has 0 bridgehead atoms. The van der Waals surface area contributed by atoms with E-state index in [1.807, 2.05) is 0 Å². The number of benzene rings is 1. The normalized spacial score (nSPS) is 22.5. The molecule has 1 aliphatic heterocycles. The van der Waals surface area contributed by atoms with Gasteiger partial charge in [-0.1, -0.05) is 11.6 Å². The lowest BCUT2D eigenvalue weighted by molar-refractivity contribution is -0.117. The van der Waals surface area contributed by atoms with E-state index in [4.69, 9.17) is 11.6 Å². The Morgan fingerprint density at radius 2 is 2.20 bits per heavy atom. The monoisotopic (exact) mass is 384 g/mol. The number of hydrogen-bond acceptors (Lipinski definition) is 6. The molecule has 2 aliphatic rings. The quantitative estimate of drug-likeness (QED) is 0.732. The molecule has 1 aromatic carbocycles. The van der Waals surface area contributed by atoms with Crippen LogP contribution in [0.4, 0.5) is 5.69 Å². The minimum atomic E-state index is -0.483. The maximum absolute atomic E-state index is 12.3. The van der Waals surface area contributed by atoms with Crippen LogP contribution in [0, 0.1) is 0 Å². The first-order valence-electron chi connectivity index (χ1n) is 7.92. The summed E-state index contributed by atoms with van der Waals surface area (Å²) in [5.74, 6) is 0.985. The summed E-state index contributed by atoms with van der Waals surface area (Å²) < 4.78 is 1.63. The highest BCUT2D eigenvalue weighted by Gasteiger charge is 2.31. The van der Waals surface area contributed by atoms with Gasteiger partial charge in [0, 0.05) is 18.2 Å². The van der Waals surface area contributed by atoms with Crippen molar-refractivity contribution in [1.29, 1.82) is 0 Å². The van der Waals surface area contributed by atoms with Gasteiger partial charge in [-0.3, -0.25) is 4.79 Å². The van der Waals surface area contributed by atoms with Crippen LogP contribution in [0.2, 0.25) is 5.02 Å². The molecule has 1 saturated carbocycles. The SMILES string of the molecule is Cl.O=C(Nc1ccc(Cl)c(-n2nnnc2C2CC2)c1)C1CC(O)CN1. The lowest BCUT2D eigenvalue weighted by atomic mass is 10.2. The highest BCUT2D eigenvalue weighted by molar-refractivity contribution is 6.32. The number of carbonyl (C=O) groups is 1. The zero-order chi connectivity index (χ0) is 16.7. The molecule has 134 valence electrons. The van der Waals surface area contributed by atoms with Crippen molar-refractivity contribution in [3.05, 3.63) is 29.0 Å². The third kappa shape index (κ3) is 3.77. The number of aliphatic hydroxyl groups is 1. The Morgan fingerprint density at radius 3 is 2.88 bits per heavy atom. The smallest absolute Gasteiger partial charge is 0.241 e. The summed E-state index contributed by atoms with van der Waals surface area (Å²) in [6, 6.07) is 4.81. The van der Waals surface area contributed by atoms with E-state index in [0.717, 1.165) is 18.7 Å². The van der Waals surface area contributed by atoms with Gasteiger partial charge in [-0.25, -0.2) is 0 Å². The Balaban J connectivity index is 0.00000182. The molecule has 0 spiro atoms. The van der Waals surface area contributed by atoms with Gasteiger partial charge in [-0.05, 0) is 47.9 Å². The van der Waals surface area contributed by atoms with E-state index in [1.54, 1.807) is 22.9 Å². The Bertz CT molecular complexity index is 779. The van der Waals surface area contributed by atoms with Gasteiger partial charge in [0.25, 0.3) is 0 Å². The number of carbonyl (C=O) groups excluding carboxylic acids is 1. The van der Waals surface area contributed by atoms with Crippen molar-refractivity contribution in [3.8, 4) is 5.69 Å². The van der Waals surface area contributed by atoms with Crippen molar-refractivity contribution < 1.29 is 9.90 Å². The van der Waals surface area contributed by atoms with Crippen LogP contribution in [0.25, 0.3) is 5.69 Å². The maximum Gasteiger partial charge on any atom is 0.241 e. The second-order valence-electron chi connectivity index (χ2n) is 6.23. The van der Waals surface area contributed by atoms with Crippen molar-refractivity contribution >= 4 is 35.6 Å². The van der Waals surface area contributed by atoms with E-state index in [-0.39, 0.29) is 18.3 Å². The highest BCUT2D eigenvalue weighted by Crippen LogP contribution is 2.40. The average molecular weight is 385 g/mol. The Hall–Kier alpha value is -1.74. The molecule has 1 amide bonds. The fourth-order valence-corrected chi connectivity index (χ4v) is 3.06. The summed E-state index contributed by atoms with van der Waals surface area (Å²) >= 11 is 6.29. The first-order chi connectivity index (χ1) is 11.6. The van der Waals surface area contributed by atoms with Gasteiger partial charge in [0.1, 0.15) is 0 Å². The summed E-state index contributed by atoms with van der Waals surface area (Å²) in [5, 5.41) is 27.7. The number of rotatable bonds is 4. The van der Waals surface area contributed by atoms with Crippen molar-refractivity contribution in [2.45, 2.75) is 37.3 Å². The standard InChI is InChI=1S/C15H17ClN6O2.ClH/c16-11-4-3-9(18-15(24)12-6-10(23)7-17-12)5-13(11)22-14(8-1-2-8)19-20-21-22;/h3-5,8,10,12,17,23H,1-2,6-7H2,(H,18,24);1H. The minimum absolute atomic E-state index is 0. The van der Waals surface area contributed by atoms with Gasteiger partial charge in [-0.15, -0.1) is 17.5 Å². The number of β-amino-alcohol motifs (C(OH)–C–C–N with tert-alkyl or cyclic N) is 1. The van der Waals surface area contributed by atoms with Gasteiger partial charge < -0.3 is 15.7 Å². The van der Waals surface area contributed by atoms with Gasteiger partial charge in [0.2, 0.25) is 5.91 Å². The Labute approximate surface area is 155 Å². The van der Waals surface area contributed by atoms with Gasteiger partial charge in [0.15, 0.2) is 5.82 Å². The average Bonchev–Trinajstić information content (AvgIpc) is 3.12. The van der Waals surface area contributed by atoms with E-state index in [0.29, 0.717) is 35.3 Å². The number of anilines is 1. The molecule has 2 aromatic rings. The summed E-state index contributed by atoms with van der Waals surface area (Å²) in [6.45, 7) is 0.430. The molecule has 4 rings (SSSR count). The van der Waals surface area contributed by atoms with Gasteiger partial charge >= 0.3 is 0 Å². The molecule has 2 atom stereocenters. The van der Waals surface area contributed by atoms with Gasteiger partial charge in [-0.2, -0.15) is 4.68 Å². The van der Waals surface area contributed by atoms with Crippen molar-refractivity contribution in [1.82, 2.24) is 25.5 Å². The van der Waals surface area contributed by atoms with Crippen LogP contribution in [0.5, 0.6) is 0 Å². The van der Waals surface area contributed by atoms with E-state index < -0.39 is 12.1 Å². The summed E-state index contributed by atoms with van der Waals surface area (Å²) in [6.07, 6.45) is 2.07. The molecule has 3 N–H and O–H groups in total. The summed E-state index contributed by atoms with van der Waals surface area (Å²) in [5.41, 5.74) is 1.25. The van der Waals surface area contributed by atoms with Crippen LogP contribution >= 0.6 is 24.0 Å². The van der Waals surface area contributed by atoms with Crippen LogP contribution in [0.15, 0.2) is 18.2 Å². The maximum atomic E-state index is 12.3. The van der Waals surface area contributed by atoms with E-state index in [9.17, 15) is 9.90 Å². The summed E-state index contributed by atoms with van der Waals surface area (Å²) in [4.78, 5) is 12.3. The molecule has 25 heavy (non-hydrogen) atoms. The lowest BCUT2D eigenvalue weighted by Crippen LogP contribution is -2.35. The number of tetrazole rings is 1. The zero-order valence-electron chi connectivity index (χ0n) is 13.2. The van der Waals surface area contributed by atoms with Crippen molar-refractivity contribution in [2.75, 3.05) is 11.9 Å². The minimum Gasteiger partial charge on any atom is -0.392 e. The van der Waals surface area contributed by atoms with Crippen molar-refractivity contribution in [2.24, 2.45) is 0 Å². The molecule has 1 aliphatic carbocycles. The number of hydrogen-bond donors (Lipinski definition) is 3. The molecular weight excluding hydrogens is 367 g/mol. The fourth-order valence-electron chi connectivity index (χ4n) is 2.86. The van der Waals surface area contributed by atoms with Gasteiger partial charge in [0.05, 0.1) is 22.9 Å². The van der Waals surface area contributed by atoms with E-state index >= 15 is 0 Å². The first kappa shape index (κ1) is 18.1. The second kappa shape index (κ2) is 7.25. The molecule has 1 aromatic heterocycles. The van der Waals surface area contributed by atoms with E-state index in [2.05, 4.69) is 26.2 Å². The Kier molecular flexibility index (Phi) is 5.24. The van der Waals surface area contributed by atoms with Crippen LogP contribution < -0.4 is 10.6 Å². The second-order valence-corrected chi connectivity index (χ2v) is 6.64. The Morgan fingerprint density at radius 1 is 1.40 bits per heavy atom. The third-order valence-electron chi connectivity index (χ3n) is 4.30. The van der Waals surface area contributed by atoms with Crippen molar-refractivity contribution in [3.63, 3.8) is 0 Å². The fraction of sp³-hybridized carbons (Fsp3) is 0.467. The van der Waals surface area contributed by atoms with Crippen LogP contribution in [0.3, 0.4) is 0 Å². The van der Waals surface area contributed by atoms with E-state index in [1.165, 1.54) is 0 Å². The number of amides is 1. The summed E-state index contributed by atoms with van der Waals surface area (Å²) in [7, 11) is 0. The molecule has 2 unspecified atom stereocenters. The first-order valence-corrected chi connectivity index (χ1v) is 8.30. The van der Waals surface area contributed by atoms with Crippen LogP contribution in [0.1, 0.15) is 31.0 Å². The highest BCUT2D eigenvalue weighted by atomic mass is 35.5. The molecule has 2 fully saturated rings. The number of nitrogens with zero attached hydrogens (tertiary/aromatic N) is 4. The molecule has 1 saturated heterocycles. The zero-order valence-corrected chi connectivity index (χ0v) is 14.8. The molecule has 0 radical (unpaired) electrons. The topological polar surface area (TPSA) is 105 Å². The number of aromatic nitrogens is 4. The molecule has 10 heteroatoms. The molecule has 2 heterocycles. The lowest BCUT2D eigenvalue weighted by Gasteiger charge is -2.13. The number of nitrogens with one attached hydrogen (secondary N) is 2. The predicted octanol–water partition coefficient (Wildman–Crippen LogP) is 1.28. The predicted molar refractivity (Wildman–Crippen MR) is 94.4 cm³/mol.